The number of imide groups is 1. The summed E-state index contributed by atoms with van der Waals surface area (Å²) in [5.74, 6) is -0.996. The van der Waals surface area contributed by atoms with Gasteiger partial charge in [-0.15, -0.1) is 0 Å². The molecule has 1 aromatic carbocycles. The van der Waals surface area contributed by atoms with Gasteiger partial charge in [-0.2, -0.15) is 0 Å². The fourth-order valence-electron chi connectivity index (χ4n) is 2.73. The van der Waals surface area contributed by atoms with E-state index < -0.39 is 5.92 Å². The predicted octanol–water partition coefficient (Wildman–Crippen LogP) is 1.90. The van der Waals surface area contributed by atoms with Crippen LogP contribution in [0.1, 0.15) is 24.5 Å². The summed E-state index contributed by atoms with van der Waals surface area (Å²) in [7, 11) is 0. The van der Waals surface area contributed by atoms with Crippen LogP contribution in [-0.2, 0) is 9.59 Å². The van der Waals surface area contributed by atoms with E-state index >= 15 is 0 Å². The molecule has 6 heteroatoms. The van der Waals surface area contributed by atoms with Crippen LogP contribution in [-0.4, -0.2) is 22.0 Å². The highest BCUT2D eigenvalue weighted by molar-refractivity contribution is 6.03. The van der Waals surface area contributed by atoms with Crippen molar-refractivity contribution in [2.24, 2.45) is 0 Å². The van der Waals surface area contributed by atoms with E-state index in [-0.39, 0.29) is 11.8 Å². The highest BCUT2D eigenvalue weighted by Crippen LogP contribution is 2.32. The Labute approximate surface area is 119 Å². The van der Waals surface area contributed by atoms with Gasteiger partial charge in [0, 0.05) is 29.5 Å². The molecule has 3 heterocycles. The Bertz CT molecular complexity index is 884. The van der Waals surface area contributed by atoms with Crippen molar-refractivity contribution < 1.29 is 14.1 Å². The number of benzene rings is 1. The maximum Gasteiger partial charge on any atom is 0.235 e. The molecule has 0 aliphatic carbocycles. The average Bonchev–Trinajstić information content (AvgIpc) is 2.88. The zero-order valence-electron chi connectivity index (χ0n) is 11.0. The standard InChI is InChI=1S/C15H11N3O3/c19-13-4-3-9(15(20)17-13)14-10-6-8-2-1-5-16-11(8)7-12(10)21-18-14/h1-2,5-7,9H,3-4H2,(H,17,19,20)/t9-/m0/s1. The average molecular weight is 281 g/mol. The van der Waals surface area contributed by atoms with Crippen molar-refractivity contribution in [1.29, 1.82) is 0 Å². The van der Waals surface area contributed by atoms with Gasteiger partial charge in [0.25, 0.3) is 0 Å². The molecule has 6 nitrogen and oxygen atoms in total. The van der Waals surface area contributed by atoms with Crippen molar-refractivity contribution in [3.63, 3.8) is 0 Å². The van der Waals surface area contributed by atoms with E-state index in [9.17, 15) is 9.59 Å². The minimum absolute atomic E-state index is 0.237. The van der Waals surface area contributed by atoms with E-state index in [4.69, 9.17) is 4.52 Å². The van der Waals surface area contributed by atoms with E-state index in [0.29, 0.717) is 24.1 Å². The van der Waals surface area contributed by atoms with Crippen molar-refractivity contribution in [2.75, 3.05) is 0 Å². The molecule has 0 saturated carbocycles. The lowest BCUT2D eigenvalue weighted by molar-refractivity contribution is -0.134. The van der Waals surface area contributed by atoms with Gasteiger partial charge in [0.2, 0.25) is 11.8 Å². The lowest BCUT2D eigenvalue weighted by atomic mass is 9.92. The minimum Gasteiger partial charge on any atom is -0.356 e. The maximum atomic E-state index is 12.0. The molecule has 1 aliphatic rings. The van der Waals surface area contributed by atoms with Gasteiger partial charge in [0.1, 0.15) is 5.69 Å². The first-order chi connectivity index (χ1) is 10.2. The first-order valence-corrected chi connectivity index (χ1v) is 6.70. The monoisotopic (exact) mass is 281 g/mol. The molecular formula is C15H11N3O3. The minimum atomic E-state index is -0.446. The van der Waals surface area contributed by atoms with Crippen LogP contribution in [0.2, 0.25) is 0 Å². The van der Waals surface area contributed by atoms with Gasteiger partial charge < -0.3 is 4.52 Å². The molecule has 3 aromatic rings. The molecule has 21 heavy (non-hydrogen) atoms. The summed E-state index contributed by atoms with van der Waals surface area (Å²) in [6.07, 6.45) is 2.49. The zero-order chi connectivity index (χ0) is 14.4. The molecule has 0 unspecified atom stereocenters. The first kappa shape index (κ1) is 12.0. The number of aromatic nitrogens is 2. The predicted molar refractivity (Wildman–Crippen MR) is 74.4 cm³/mol. The molecule has 0 spiro atoms. The molecule has 4 rings (SSSR count). The molecule has 2 amide bonds. The summed E-state index contributed by atoms with van der Waals surface area (Å²) in [5, 5.41) is 8.15. The largest absolute Gasteiger partial charge is 0.356 e. The van der Waals surface area contributed by atoms with Crippen molar-refractivity contribution in [2.45, 2.75) is 18.8 Å². The number of carbonyl (C=O) groups is 2. The van der Waals surface area contributed by atoms with Gasteiger partial charge >= 0.3 is 0 Å². The van der Waals surface area contributed by atoms with Gasteiger partial charge in [0.15, 0.2) is 5.58 Å². The van der Waals surface area contributed by atoms with E-state index in [1.54, 1.807) is 6.20 Å². The number of carbonyl (C=O) groups excluding carboxylic acids is 2. The molecule has 0 bridgehead atoms. The smallest absolute Gasteiger partial charge is 0.235 e. The maximum absolute atomic E-state index is 12.0. The normalized spacial score (nSPS) is 19.1. The summed E-state index contributed by atoms with van der Waals surface area (Å²) >= 11 is 0. The fraction of sp³-hybridized carbons (Fsp3) is 0.200. The Kier molecular flexibility index (Phi) is 2.50. The Morgan fingerprint density at radius 1 is 1.29 bits per heavy atom. The van der Waals surface area contributed by atoms with Crippen molar-refractivity contribution in [3.8, 4) is 0 Å². The summed E-state index contributed by atoms with van der Waals surface area (Å²) in [4.78, 5) is 27.5. The number of fused-ring (bicyclic) bond motifs is 2. The second-order valence-electron chi connectivity index (χ2n) is 5.12. The molecule has 1 fully saturated rings. The van der Waals surface area contributed by atoms with Gasteiger partial charge in [-0.1, -0.05) is 11.2 Å². The Balaban J connectivity index is 1.87. The van der Waals surface area contributed by atoms with Crippen molar-refractivity contribution in [1.82, 2.24) is 15.5 Å². The number of hydrogen-bond donors (Lipinski definition) is 1. The van der Waals surface area contributed by atoms with Crippen molar-refractivity contribution >= 4 is 33.7 Å². The first-order valence-electron chi connectivity index (χ1n) is 6.70. The van der Waals surface area contributed by atoms with Crippen LogP contribution in [0.25, 0.3) is 21.9 Å². The van der Waals surface area contributed by atoms with E-state index in [0.717, 1.165) is 16.3 Å². The van der Waals surface area contributed by atoms with E-state index in [1.165, 1.54) is 0 Å². The number of nitrogens with zero attached hydrogens (tertiary/aromatic N) is 2. The molecule has 1 atom stereocenters. The molecule has 0 radical (unpaired) electrons. The van der Waals surface area contributed by atoms with Crippen LogP contribution >= 0.6 is 0 Å². The number of hydrogen-bond acceptors (Lipinski definition) is 5. The van der Waals surface area contributed by atoms with Crippen LogP contribution in [0.5, 0.6) is 0 Å². The highest BCUT2D eigenvalue weighted by atomic mass is 16.5. The number of amides is 2. The summed E-state index contributed by atoms with van der Waals surface area (Å²) < 4.78 is 5.33. The molecule has 1 saturated heterocycles. The van der Waals surface area contributed by atoms with Crippen LogP contribution in [0.15, 0.2) is 35.0 Å². The third-order valence-corrected chi connectivity index (χ3v) is 3.79. The number of pyridine rings is 1. The number of nitrogens with one attached hydrogen (secondary N) is 1. The molecular weight excluding hydrogens is 270 g/mol. The second kappa shape index (κ2) is 4.37. The molecule has 1 aliphatic heterocycles. The SMILES string of the molecule is O=C1CC[C@@H](c2noc3cc4ncccc4cc23)C(=O)N1. The van der Waals surface area contributed by atoms with Crippen molar-refractivity contribution in [3.05, 3.63) is 36.2 Å². The Hall–Kier alpha value is -2.76. The quantitative estimate of drug-likeness (QED) is 0.688. The van der Waals surface area contributed by atoms with Gasteiger partial charge in [0.05, 0.1) is 11.4 Å². The zero-order valence-corrected chi connectivity index (χ0v) is 11.0. The van der Waals surface area contributed by atoms with Gasteiger partial charge in [-0.05, 0) is 18.6 Å². The number of rotatable bonds is 1. The van der Waals surface area contributed by atoms with Crippen LogP contribution in [0.4, 0.5) is 0 Å². The van der Waals surface area contributed by atoms with Gasteiger partial charge in [-0.3, -0.25) is 19.9 Å². The fourth-order valence-corrected chi connectivity index (χ4v) is 2.73. The molecule has 2 aromatic heterocycles. The Morgan fingerprint density at radius 2 is 2.19 bits per heavy atom. The second-order valence-corrected chi connectivity index (χ2v) is 5.12. The summed E-state index contributed by atoms with van der Waals surface area (Å²) in [6, 6.07) is 7.54. The van der Waals surface area contributed by atoms with E-state index in [1.807, 2.05) is 24.3 Å². The van der Waals surface area contributed by atoms with Crippen LogP contribution in [0.3, 0.4) is 0 Å². The Morgan fingerprint density at radius 3 is 3.05 bits per heavy atom. The van der Waals surface area contributed by atoms with Gasteiger partial charge in [-0.25, -0.2) is 0 Å². The summed E-state index contributed by atoms with van der Waals surface area (Å²) in [6.45, 7) is 0. The molecule has 104 valence electrons. The summed E-state index contributed by atoms with van der Waals surface area (Å²) in [5.41, 5.74) is 2.00. The third kappa shape index (κ3) is 1.87. The topological polar surface area (TPSA) is 85.1 Å². The lowest BCUT2D eigenvalue weighted by Gasteiger charge is -2.18. The third-order valence-electron chi connectivity index (χ3n) is 3.79. The highest BCUT2D eigenvalue weighted by Gasteiger charge is 2.31. The van der Waals surface area contributed by atoms with Crippen LogP contribution < -0.4 is 5.32 Å². The van der Waals surface area contributed by atoms with Crippen LogP contribution in [0, 0.1) is 0 Å². The van der Waals surface area contributed by atoms with E-state index in [2.05, 4.69) is 15.5 Å². The number of piperidine rings is 1. The molecule has 1 N–H and O–H groups in total. The lowest BCUT2D eigenvalue weighted by Crippen LogP contribution is -2.39.